The Labute approximate surface area is 174 Å². The molecule has 1 aliphatic rings. The van der Waals surface area contributed by atoms with E-state index in [4.69, 9.17) is 9.15 Å². The number of methoxy groups -OCH3 is 1. The van der Waals surface area contributed by atoms with E-state index in [1.54, 1.807) is 7.11 Å². The first kappa shape index (κ1) is 19.8. The van der Waals surface area contributed by atoms with Gasteiger partial charge in [0.25, 0.3) is 0 Å². The Bertz CT molecular complexity index is 1010. The van der Waals surface area contributed by atoms with Gasteiger partial charge in [-0.15, -0.1) is 10.2 Å². The van der Waals surface area contributed by atoms with E-state index in [9.17, 15) is 4.79 Å². The standard InChI is InChI=1S/C21H26N4O3S/c1-13-7-4-5-9-15(13)22-18(26)12-29-21-24-23-20(25(21)2)17-11-14-8-6-10-16(27-3)19(14)28-17/h6,8,10-11,13,15H,4-5,7,9,12H2,1-3H3,(H,22,26)/t13-,15-/m0/s1. The molecule has 2 aromatic heterocycles. The number of fused-ring (bicyclic) bond motifs is 1. The van der Waals surface area contributed by atoms with E-state index >= 15 is 0 Å². The maximum Gasteiger partial charge on any atom is 0.230 e. The second-order valence-corrected chi connectivity index (χ2v) is 8.52. The van der Waals surface area contributed by atoms with Gasteiger partial charge in [-0.3, -0.25) is 4.79 Å². The largest absolute Gasteiger partial charge is 0.493 e. The summed E-state index contributed by atoms with van der Waals surface area (Å²) in [5.41, 5.74) is 0.684. The zero-order valence-electron chi connectivity index (χ0n) is 17.0. The van der Waals surface area contributed by atoms with Crippen LogP contribution in [0, 0.1) is 5.92 Å². The third kappa shape index (κ3) is 4.12. The number of thioether (sulfide) groups is 1. The van der Waals surface area contributed by atoms with Crippen molar-refractivity contribution in [3.8, 4) is 17.3 Å². The summed E-state index contributed by atoms with van der Waals surface area (Å²) >= 11 is 1.39. The smallest absolute Gasteiger partial charge is 0.230 e. The summed E-state index contributed by atoms with van der Waals surface area (Å²) in [6.45, 7) is 2.22. The number of para-hydroxylation sites is 1. The number of furan rings is 1. The molecule has 2 heterocycles. The van der Waals surface area contributed by atoms with Crippen molar-refractivity contribution in [3.05, 3.63) is 24.3 Å². The van der Waals surface area contributed by atoms with Crippen molar-refractivity contribution in [1.82, 2.24) is 20.1 Å². The van der Waals surface area contributed by atoms with Crippen LogP contribution in [0.4, 0.5) is 0 Å². The highest BCUT2D eigenvalue weighted by atomic mass is 32.2. The van der Waals surface area contributed by atoms with Crippen molar-refractivity contribution in [3.63, 3.8) is 0 Å². The summed E-state index contributed by atoms with van der Waals surface area (Å²) in [6, 6.07) is 7.96. The Morgan fingerprint density at radius 3 is 2.97 bits per heavy atom. The van der Waals surface area contributed by atoms with Crippen LogP contribution >= 0.6 is 11.8 Å². The average molecular weight is 415 g/mol. The topological polar surface area (TPSA) is 82.2 Å². The number of ether oxygens (including phenoxy) is 1. The molecule has 2 atom stereocenters. The highest BCUT2D eigenvalue weighted by Crippen LogP contribution is 2.33. The van der Waals surface area contributed by atoms with Crippen LogP contribution in [0.15, 0.2) is 33.8 Å². The Morgan fingerprint density at radius 2 is 2.17 bits per heavy atom. The van der Waals surface area contributed by atoms with E-state index < -0.39 is 0 Å². The zero-order valence-corrected chi connectivity index (χ0v) is 17.8. The van der Waals surface area contributed by atoms with Crippen LogP contribution in [0.3, 0.4) is 0 Å². The minimum Gasteiger partial charge on any atom is -0.493 e. The number of carbonyl (C=O) groups excluding carboxylic acids is 1. The molecule has 1 amide bonds. The highest BCUT2D eigenvalue weighted by molar-refractivity contribution is 7.99. The molecular formula is C21H26N4O3S. The molecule has 0 radical (unpaired) electrons. The van der Waals surface area contributed by atoms with Gasteiger partial charge in [-0.25, -0.2) is 0 Å². The third-order valence-corrected chi connectivity index (χ3v) is 6.59. The normalized spacial score (nSPS) is 19.4. The van der Waals surface area contributed by atoms with Crippen LogP contribution in [-0.4, -0.2) is 39.6 Å². The van der Waals surface area contributed by atoms with E-state index in [1.165, 1.54) is 31.0 Å². The van der Waals surface area contributed by atoms with Crippen molar-refractivity contribution in [2.75, 3.05) is 12.9 Å². The lowest BCUT2D eigenvalue weighted by molar-refractivity contribution is -0.119. The fourth-order valence-corrected chi connectivity index (χ4v) is 4.59. The Morgan fingerprint density at radius 1 is 1.34 bits per heavy atom. The van der Waals surface area contributed by atoms with E-state index in [1.807, 2.05) is 35.9 Å². The first-order valence-corrected chi connectivity index (χ1v) is 10.9. The molecule has 3 aromatic rings. The van der Waals surface area contributed by atoms with E-state index in [0.717, 1.165) is 11.8 Å². The maximum absolute atomic E-state index is 12.4. The second kappa shape index (κ2) is 8.49. The molecular weight excluding hydrogens is 388 g/mol. The molecule has 1 fully saturated rings. The number of hydrogen-bond donors (Lipinski definition) is 1. The number of hydrogen-bond acceptors (Lipinski definition) is 6. The molecule has 29 heavy (non-hydrogen) atoms. The molecule has 8 heteroatoms. The van der Waals surface area contributed by atoms with Crippen LogP contribution in [0.2, 0.25) is 0 Å². The highest BCUT2D eigenvalue weighted by Gasteiger charge is 2.23. The summed E-state index contributed by atoms with van der Waals surface area (Å²) in [5.74, 6) is 2.83. The second-order valence-electron chi connectivity index (χ2n) is 7.58. The molecule has 0 aliphatic heterocycles. The molecule has 1 N–H and O–H groups in total. The Kier molecular flexibility index (Phi) is 5.80. The molecule has 0 saturated heterocycles. The lowest BCUT2D eigenvalue weighted by Crippen LogP contribution is -2.41. The lowest BCUT2D eigenvalue weighted by atomic mass is 9.86. The number of amides is 1. The van der Waals surface area contributed by atoms with Crippen molar-refractivity contribution in [1.29, 1.82) is 0 Å². The predicted octanol–water partition coefficient (Wildman–Crippen LogP) is 4.02. The van der Waals surface area contributed by atoms with Gasteiger partial charge in [0.05, 0.1) is 12.9 Å². The number of rotatable bonds is 6. The zero-order chi connectivity index (χ0) is 20.4. The Balaban J connectivity index is 1.44. The average Bonchev–Trinajstić information content (AvgIpc) is 3.31. The molecule has 0 bridgehead atoms. The monoisotopic (exact) mass is 414 g/mol. The van der Waals surface area contributed by atoms with Gasteiger partial charge in [0.15, 0.2) is 28.1 Å². The van der Waals surface area contributed by atoms with Crippen LogP contribution in [0.1, 0.15) is 32.6 Å². The van der Waals surface area contributed by atoms with Crippen LogP contribution in [-0.2, 0) is 11.8 Å². The van der Waals surface area contributed by atoms with Gasteiger partial charge in [0.1, 0.15) is 0 Å². The van der Waals surface area contributed by atoms with Crippen LogP contribution in [0.5, 0.6) is 5.75 Å². The third-order valence-electron chi connectivity index (χ3n) is 5.57. The van der Waals surface area contributed by atoms with Crippen LogP contribution in [0.25, 0.3) is 22.6 Å². The van der Waals surface area contributed by atoms with Crippen molar-refractivity contribution < 1.29 is 13.9 Å². The summed E-state index contributed by atoms with van der Waals surface area (Å²) in [4.78, 5) is 12.4. The lowest BCUT2D eigenvalue weighted by Gasteiger charge is -2.29. The minimum atomic E-state index is 0.0479. The van der Waals surface area contributed by atoms with Gasteiger partial charge in [0, 0.05) is 18.5 Å². The van der Waals surface area contributed by atoms with Gasteiger partial charge in [-0.2, -0.15) is 0 Å². The van der Waals surface area contributed by atoms with Gasteiger partial charge < -0.3 is 19.0 Å². The molecule has 0 spiro atoms. The molecule has 0 unspecified atom stereocenters. The molecule has 1 aliphatic carbocycles. The molecule has 4 rings (SSSR count). The predicted molar refractivity (Wildman–Crippen MR) is 113 cm³/mol. The summed E-state index contributed by atoms with van der Waals surface area (Å²) in [7, 11) is 3.50. The van der Waals surface area contributed by atoms with E-state index in [0.29, 0.717) is 39.7 Å². The number of carbonyl (C=O) groups is 1. The first-order valence-electron chi connectivity index (χ1n) is 9.95. The fraction of sp³-hybridized carbons (Fsp3) is 0.476. The molecule has 7 nitrogen and oxygen atoms in total. The molecule has 1 aromatic carbocycles. The van der Waals surface area contributed by atoms with Crippen LogP contribution < -0.4 is 10.1 Å². The summed E-state index contributed by atoms with van der Waals surface area (Å²) in [5, 5.41) is 13.3. The maximum atomic E-state index is 12.4. The number of benzene rings is 1. The van der Waals surface area contributed by atoms with Gasteiger partial charge >= 0.3 is 0 Å². The van der Waals surface area contributed by atoms with Crippen molar-refractivity contribution in [2.24, 2.45) is 13.0 Å². The van der Waals surface area contributed by atoms with E-state index in [-0.39, 0.29) is 11.9 Å². The van der Waals surface area contributed by atoms with Gasteiger partial charge in [-0.05, 0) is 30.9 Å². The summed E-state index contributed by atoms with van der Waals surface area (Å²) in [6.07, 6.45) is 4.71. The van der Waals surface area contributed by atoms with Gasteiger partial charge in [-0.1, -0.05) is 43.7 Å². The fourth-order valence-electron chi connectivity index (χ4n) is 3.87. The number of aromatic nitrogens is 3. The summed E-state index contributed by atoms with van der Waals surface area (Å²) < 4.78 is 13.2. The van der Waals surface area contributed by atoms with Crippen molar-refractivity contribution in [2.45, 2.75) is 43.8 Å². The minimum absolute atomic E-state index is 0.0479. The number of nitrogens with one attached hydrogen (secondary N) is 1. The quantitative estimate of drug-likeness (QED) is 0.614. The van der Waals surface area contributed by atoms with Gasteiger partial charge in [0.2, 0.25) is 5.91 Å². The van der Waals surface area contributed by atoms with Crippen molar-refractivity contribution >= 4 is 28.6 Å². The molecule has 154 valence electrons. The Hall–Kier alpha value is -2.48. The SMILES string of the molecule is COc1cccc2cc(-c3nnc(SCC(=O)N[C@H]4CCCC[C@@H]4C)n3C)oc12. The van der Waals surface area contributed by atoms with E-state index in [2.05, 4.69) is 22.4 Å². The first-order chi connectivity index (χ1) is 14.1. The molecule has 1 saturated carbocycles. The number of nitrogens with zero attached hydrogens (tertiary/aromatic N) is 3.